The number of hydrogen-bond acceptors (Lipinski definition) is 12. The van der Waals surface area contributed by atoms with Crippen LogP contribution in [0.15, 0.2) is 424 Å². The zero-order valence-electron chi connectivity index (χ0n) is 77.2. The number of benzene rings is 19. The summed E-state index contributed by atoms with van der Waals surface area (Å²) in [7, 11) is 0. The minimum Gasteiger partial charge on any atom is -0.458 e. The zero-order chi connectivity index (χ0) is 96.1. The van der Waals surface area contributed by atoms with Crippen LogP contribution < -0.4 is 90.6 Å². The van der Waals surface area contributed by atoms with Crippen molar-refractivity contribution in [2.75, 3.05) is 4.90 Å². The van der Waals surface area contributed by atoms with Gasteiger partial charge in [-0.25, -0.2) is 0 Å². The first-order valence-electron chi connectivity index (χ1n) is 48.2. The molecule has 27 aromatic rings. The monoisotopic (exact) mass is 1870 g/mol. The molecule has 0 bridgehead atoms. The van der Waals surface area contributed by atoms with Gasteiger partial charge in [0.25, 0.3) is 6.71 Å². The van der Waals surface area contributed by atoms with Gasteiger partial charge >= 0.3 is 0 Å². The van der Waals surface area contributed by atoms with Crippen LogP contribution in [0.2, 0.25) is 0 Å². The van der Waals surface area contributed by atoms with Crippen molar-refractivity contribution in [2.24, 2.45) is 0 Å². The van der Waals surface area contributed by atoms with Crippen molar-refractivity contribution in [3.05, 3.63) is 463 Å². The Morgan fingerprint density at radius 2 is 0.542 bits per heavy atom. The fourth-order valence-corrected chi connectivity index (χ4v) is 25.4. The highest BCUT2D eigenvalue weighted by Crippen LogP contribution is 2.47. The fourth-order valence-electron chi connectivity index (χ4n) is 24.2. The van der Waals surface area contributed by atoms with E-state index in [-0.39, 0.29) is 62.3 Å². The Hall–Kier alpha value is -18.4. The average Bonchev–Trinajstić information content (AvgIpc) is 0.721. The van der Waals surface area contributed by atoms with E-state index in [1.54, 1.807) is 54.2 Å². The Labute approximate surface area is 820 Å². The van der Waals surface area contributed by atoms with Crippen molar-refractivity contribution in [3.63, 3.8) is 0 Å². The molecule has 31 rings (SSSR count). The largest absolute Gasteiger partial charge is 0.458 e. The average molecular weight is 1870 g/mol. The van der Waals surface area contributed by atoms with E-state index in [9.17, 15) is 38.4 Å². The molecule has 19 aromatic carbocycles. The molecule has 4 aliphatic rings. The molecule has 4 aliphatic heterocycles. The van der Waals surface area contributed by atoms with Gasteiger partial charge in [-0.05, 0) is 284 Å². The summed E-state index contributed by atoms with van der Waals surface area (Å²) in [6.07, 6.45) is 0. The maximum absolute atomic E-state index is 14.5. The molecule has 15 nitrogen and oxygen atoms in total. The van der Waals surface area contributed by atoms with E-state index < -0.39 is 0 Å². The lowest BCUT2D eigenvalue weighted by Crippen LogP contribution is -2.59. The summed E-state index contributed by atoms with van der Waals surface area (Å²) < 4.78 is 22.1. The maximum Gasteiger partial charge on any atom is 0.260 e. The molecule has 0 fully saturated rings. The first-order valence-corrected chi connectivity index (χ1v) is 49.0. The molecule has 12 heterocycles. The van der Waals surface area contributed by atoms with Crippen LogP contribution in [0.3, 0.4) is 0 Å². The molecule has 144 heavy (non-hydrogen) atoms. The van der Waals surface area contributed by atoms with Crippen molar-refractivity contribution in [1.82, 2.24) is 17.6 Å². The zero-order valence-corrected chi connectivity index (χ0v) is 78.0. The van der Waals surface area contributed by atoms with Crippen LogP contribution in [-0.4, -0.2) is 31.0 Å². The third-order valence-corrected chi connectivity index (χ3v) is 32.0. The van der Waals surface area contributed by atoms with Gasteiger partial charge in [-0.15, -0.1) is 0 Å². The molecule has 0 atom stereocenters. The lowest BCUT2D eigenvalue weighted by molar-refractivity contribution is 0.458. The van der Waals surface area contributed by atoms with E-state index in [2.05, 4.69) is 177 Å². The number of rotatable bonds is 5. The van der Waals surface area contributed by atoms with Crippen LogP contribution in [0.25, 0.3) is 197 Å². The first-order chi connectivity index (χ1) is 70.4. The van der Waals surface area contributed by atoms with Gasteiger partial charge in [0.15, 0.2) is 43.4 Å². The predicted molar refractivity (Wildman–Crippen MR) is 590 cm³/mol. The standard InChI is InChI=1S/C64H34BN3O4S.C62H37BN2O6/c69-61-40-13-4-6-19-50(40)67-54-32-36(23-27-42(54)63(71)46-17-8-15-44(61)59(46)67)35-26-30-52-49(31-35)65-48-29-25-38(34-57(48)73-56-22-10-21-53(58(56)65)66(52)39-11-2-1-3-12-39)37-24-28-43-55(33-37)68-51-20-7-5-14-41(51)62(70)45-16-9-18-47(60(45)68)64(43)72;1-62(2,3)36-30-53-55-54(31-36)71-52-25-21-34(35-18-22-39-50(29-35)65-48-17-7-5-11-38(48)59(67)41-13-8-14-42(57(41)65)60(39)68)28-46(52)63(55)45-27-33(20-24-51(45)70-53)32-19-23-49-44(26-32)61(69)43-15-9-12-40-56(43)64(49)47-16-6-4-10-37(47)58(40)66/h1-34H;4-31H,1-3H3. The molecule has 0 spiro atoms. The summed E-state index contributed by atoms with van der Waals surface area (Å²) in [6.45, 7) is 6.14. The van der Waals surface area contributed by atoms with Gasteiger partial charge < -0.3 is 32.0 Å². The number of pyridine rings is 8. The third kappa shape index (κ3) is 11.3. The summed E-state index contributed by atoms with van der Waals surface area (Å²) in [5.74, 6) is 2.94. The Morgan fingerprint density at radius 1 is 0.222 bits per heavy atom. The fraction of sp³-hybridized carbons (Fsp3) is 0.0317. The Balaban J connectivity index is 0.000000134. The van der Waals surface area contributed by atoms with Gasteiger partial charge in [0.1, 0.15) is 23.0 Å². The van der Waals surface area contributed by atoms with Crippen LogP contribution in [-0.2, 0) is 5.41 Å². The van der Waals surface area contributed by atoms with Crippen molar-refractivity contribution >= 4 is 227 Å². The molecule has 0 unspecified atom stereocenters. The predicted octanol–water partition coefficient (Wildman–Crippen LogP) is 22.3. The van der Waals surface area contributed by atoms with E-state index in [1.165, 1.54) is 15.8 Å². The molecule has 0 saturated carbocycles. The normalized spacial score (nSPS) is 13.1. The van der Waals surface area contributed by atoms with E-state index in [1.807, 2.05) is 200 Å². The number of para-hydroxylation sites is 9. The van der Waals surface area contributed by atoms with Crippen molar-refractivity contribution in [1.29, 1.82) is 0 Å². The van der Waals surface area contributed by atoms with Gasteiger partial charge in [-0.1, -0.05) is 208 Å². The highest BCUT2D eigenvalue weighted by atomic mass is 32.2. The van der Waals surface area contributed by atoms with Gasteiger partial charge in [0.05, 0.1) is 66.2 Å². The van der Waals surface area contributed by atoms with Gasteiger partial charge in [0, 0.05) is 118 Å². The maximum atomic E-state index is 14.5. The second kappa shape index (κ2) is 29.6. The second-order valence-corrected chi connectivity index (χ2v) is 40.6. The minimum atomic E-state index is -0.290. The number of aromatic nitrogens is 4. The molecule has 672 valence electrons. The summed E-state index contributed by atoms with van der Waals surface area (Å²) in [5.41, 5.74) is 26.0. The molecule has 0 amide bonds. The number of hydrogen-bond donors (Lipinski definition) is 0. The highest BCUT2D eigenvalue weighted by Gasteiger charge is 2.44. The number of ether oxygens (including phenoxy) is 2. The quantitative estimate of drug-likeness (QED) is 0.0907. The number of nitrogens with zero attached hydrogens (tertiary/aromatic N) is 5. The molecule has 18 heteroatoms. The molecule has 0 radical (unpaired) electrons. The molecule has 0 aliphatic carbocycles. The van der Waals surface area contributed by atoms with Crippen LogP contribution >= 0.6 is 11.8 Å². The van der Waals surface area contributed by atoms with E-state index in [0.29, 0.717) is 108 Å². The topological polar surface area (TPSA) is 176 Å². The molecular formula is C126H71B2N5O10S. The van der Waals surface area contributed by atoms with Gasteiger partial charge in [0.2, 0.25) is 6.71 Å². The summed E-state index contributed by atoms with van der Waals surface area (Å²) in [6, 6.07) is 124. The Kier molecular flexibility index (Phi) is 16.8. The van der Waals surface area contributed by atoms with Crippen LogP contribution in [0.5, 0.6) is 23.0 Å². The lowest BCUT2D eigenvalue weighted by Gasteiger charge is -2.40. The van der Waals surface area contributed by atoms with E-state index >= 15 is 0 Å². The molecule has 0 N–H and O–H groups in total. The lowest BCUT2D eigenvalue weighted by atomic mass is 9.34. The summed E-state index contributed by atoms with van der Waals surface area (Å²) >= 11 is 1.78. The first kappa shape index (κ1) is 81.6. The van der Waals surface area contributed by atoms with Gasteiger partial charge in [-0.3, -0.25) is 38.4 Å². The Morgan fingerprint density at radius 3 is 0.972 bits per heavy atom. The summed E-state index contributed by atoms with van der Waals surface area (Å²) in [5, 5.41) is 8.86. The molecule has 8 aromatic heterocycles. The second-order valence-electron chi connectivity index (χ2n) is 39.5. The van der Waals surface area contributed by atoms with E-state index in [4.69, 9.17) is 9.47 Å². The van der Waals surface area contributed by atoms with Crippen LogP contribution in [0, 0.1) is 0 Å². The van der Waals surface area contributed by atoms with Crippen LogP contribution in [0.4, 0.5) is 17.1 Å². The summed E-state index contributed by atoms with van der Waals surface area (Å²) in [4.78, 5) is 117. The molecular weight excluding hydrogens is 1800 g/mol. The minimum absolute atomic E-state index is 0.0784. The number of fused-ring (bicyclic) bond motifs is 24. The van der Waals surface area contributed by atoms with Crippen LogP contribution in [0.1, 0.15) is 26.3 Å². The SMILES string of the molecule is CC(C)(C)c1cc2c3c(c1)Oc1ccc(-c4ccc5c(=O)c6cccc7c(=O)c8ccccc8n(c5c4)c76)cc1B3c1cc(-c3ccc4c(c3)c(=O)c3cccc5c(=O)c6ccccc6n4c53)ccc1O2.O=c1c2ccccc2n2c3cc(-c4ccc5c(c4)Sc4cccc6c4B5c4cc(-c5ccc7c(=O)c8cccc9c(=O)c%10ccccc%10n(c7c5)c98)ccc4N6c4ccccc4)ccc3c(=O)c3cccc1c32. The van der Waals surface area contributed by atoms with Crippen molar-refractivity contribution in [3.8, 4) is 67.5 Å². The van der Waals surface area contributed by atoms with Crippen molar-refractivity contribution < 1.29 is 9.47 Å². The molecule has 0 saturated heterocycles. The third-order valence-electron chi connectivity index (χ3n) is 30.9. The highest BCUT2D eigenvalue weighted by molar-refractivity contribution is 8.00. The van der Waals surface area contributed by atoms with E-state index in [0.717, 1.165) is 161 Å². The Bertz CT molecular complexity index is 11100. The van der Waals surface area contributed by atoms with Gasteiger partial charge in [-0.2, -0.15) is 0 Å². The smallest absolute Gasteiger partial charge is 0.260 e. The number of anilines is 3. The van der Waals surface area contributed by atoms with Crippen molar-refractivity contribution in [2.45, 2.75) is 36.0 Å².